The lowest BCUT2D eigenvalue weighted by molar-refractivity contribution is -0.160. The first kappa shape index (κ1) is 12.1. The summed E-state index contributed by atoms with van der Waals surface area (Å²) in [5, 5.41) is 13.0. The molecule has 1 fully saturated rings. The number of carbonyl (C=O) groups is 1. The number of rotatable bonds is 3. The van der Waals surface area contributed by atoms with E-state index in [-0.39, 0.29) is 6.10 Å². The highest BCUT2D eigenvalue weighted by Gasteiger charge is 2.23. The molecule has 2 N–H and O–H groups in total. The summed E-state index contributed by atoms with van der Waals surface area (Å²) < 4.78 is 5.26. The summed E-state index contributed by atoms with van der Waals surface area (Å²) in [7, 11) is 0. The number of ether oxygens (including phenoxy) is 1. The highest BCUT2D eigenvalue weighted by atomic mass is 16.6. The maximum Gasteiger partial charge on any atom is 0.339 e. The number of hydrogen-bond acceptors (Lipinski definition) is 4. The number of benzene rings is 1. The van der Waals surface area contributed by atoms with Gasteiger partial charge in [-0.3, -0.25) is 0 Å². The van der Waals surface area contributed by atoms with Gasteiger partial charge in [-0.2, -0.15) is 0 Å². The Hall–Kier alpha value is -1.39. The van der Waals surface area contributed by atoms with E-state index in [0.717, 1.165) is 19.4 Å². The molecule has 0 radical (unpaired) electrons. The molecule has 0 unspecified atom stereocenters. The Morgan fingerprint density at radius 3 is 2.82 bits per heavy atom. The van der Waals surface area contributed by atoms with Crippen LogP contribution in [0.2, 0.25) is 0 Å². The number of hydrogen-bond donors (Lipinski definition) is 2. The smallest absolute Gasteiger partial charge is 0.339 e. The van der Waals surface area contributed by atoms with E-state index in [9.17, 15) is 9.90 Å². The van der Waals surface area contributed by atoms with Gasteiger partial charge in [0.25, 0.3) is 0 Å². The molecule has 17 heavy (non-hydrogen) atoms. The van der Waals surface area contributed by atoms with E-state index in [1.54, 1.807) is 24.3 Å². The maximum absolute atomic E-state index is 11.7. The molecule has 0 saturated carbocycles. The van der Waals surface area contributed by atoms with Crippen molar-refractivity contribution in [1.82, 2.24) is 5.32 Å². The summed E-state index contributed by atoms with van der Waals surface area (Å²) in [6, 6.07) is 8.84. The Morgan fingerprint density at radius 1 is 1.41 bits per heavy atom. The monoisotopic (exact) mass is 235 g/mol. The normalized spacial score (nSPS) is 21.8. The van der Waals surface area contributed by atoms with Gasteiger partial charge in [0.15, 0.2) is 6.10 Å². The van der Waals surface area contributed by atoms with Crippen LogP contribution in [0.5, 0.6) is 0 Å². The van der Waals surface area contributed by atoms with Gasteiger partial charge in [-0.25, -0.2) is 4.79 Å². The Balaban J connectivity index is 1.91. The molecule has 0 amide bonds. The van der Waals surface area contributed by atoms with Crippen LogP contribution in [0, 0.1) is 0 Å². The van der Waals surface area contributed by atoms with Crippen molar-refractivity contribution in [2.45, 2.75) is 25.0 Å². The quantitative estimate of drug-likeness (QED) is 0.768. The molecule has 1 saturated heterocycles. The second-order valence-corrected chi connectivity index (χ2v) is 4.22. The van der Waals surface area contributed by atoms with Crippen molar-refractivity contribution < 1.29 is 14.6 Å². The first-order valence-corrected chi connectivity index (χ1v) is 5.91. The van der Waals surface area contributed by atoms with Crippen LogP contribution in [0.1, 0.15) is 24.5 Å². The van der Waals surface area contributed by atoms with Gasteiger partial charge in [-0.05, 0) is 24.9 Å². The number of aliphatic hydroxyl groups excluding tert-OH is 1. The first-order valence-electron chi connectivity index (χ1n) is 5.91. The highest BCUT2D eigenvalue weighted by Crippen LogP contribution is 2.16. The van der Waals surface area contributed by atoms with E-state index >= 15 is 0 Å². The van der Waals surface area contributed by atoms with Gasteiger partial charge in [-0.15, -0.1) is 0 Å². The van der Waals surface area contributed by atoms with E-state index in [0.29, 0.717) is 12.1 Å². The van der Waals surface area contributed by atoms with Crippen LogP contribution in [0.3, 0.4) is 0 Å². The number of aliphatic hydroxyl groups is 1. The summed E-state index contributed by atoms with van der Waals surface area (Å²) in [6.45, 7) is 1.64. The van der Waals surface area contributed by atoms with Gasteiger partial charge in [0.1, 0.15) is 6.10 Å². The van der Waals surface area contributed by atoms with Crippen molar-refractivity contribution in [3.8, 4) is 0 Å². The van der Waals surface area contributed by atoms with Gasteiger partial charge >= 0.3 is 5.97 Å². The fourth-order valence-electron chi connectivity index (χ4n) is 1.92. The van der Waals surface area contributed by atoms with Crippen molar-refractivity contribution in [2.24, 2.45) is 0 Å². The summed E-state index contributed by atoms with van der Waals surface area (Å²) in [5.74, 6) is -0.565. The SMILES string of the molecule is O=C(O[C@@H]1CCCNC1)[C@H](O)c1ccccc1. The zero-order valence-electron chi connectivity index (χ0n) is 9.63. The molecule has 1 aromatic rings. The minimum atomic E-state index is -1.18. The summed E-state index contributed by atoms with van der Waals surface area (Å²) in [6.07, 6.45) is 0.562. The number of piperidine rings is 1. The molecule has 1 heterocycles. The van der Waals surface area contributed by atoms with Crippen molar-refractivity contribution in [3.05, 3.63) is 35.9 Å². The molecule has 0 aliphatic carbocycles. The third-order valence-corrected chi connectivity index (χ3v) is 2.87. The molecule has 0 bridgehead atoms. The Kier molecular flexibility index (Phi) is 4.12. The highest BCUT2D eigenvalue weighted by molar-refractivity contribution is 5.76. The molecule has 0 aromatic heterocycles. The molecular formula is C13H17NO3. The van der Waals surface area contributed by atoms with Crippen molar-refractivity contribution in [1.29, 1.82) is 0 Å². The second kappa shape index (κ2) is 5.80. The molecule has 0 spiro atoms. The summed E-state index contributed by atoms with van der Waals surface area (Å²) in [4.78, 5) is 11.7. The average Bonchev–Trinajstić information content (AvgIpc) is 2.40. The molecule has 4 nitrogen and oxygen atoms in total. The largest absolute Gasteiger partial charge is 0.459 e. The first-order chi connectivity index (χ1) is 8.27. The molecule has 1 aromatic carbocycles. The van der Waals surface area contributed by atoms with E-state index in [2.05, 4.69) is 5.32 Å². The van der Waals surface area contributed by atoms with Crippen LogP contribution in [0.4, 0.5) is 0 Å². The van der Waals surface area contributed by atoms with Crippen LogP contribution in [-0.2, 0) is 9.53 Å². The second-order valence-electron chi connectivity index (χ2n) is 4.22. The van der Waals surface area contributed by atoms with Gasteiger partial charge in [0, 0.05) is 6.54 Å². The minimum absolute atomic E-state index is 0.116. The van der Waals surface area contributed by atoms with E-state index in [4.69, 9.17) is 4.74 Å². The molecule has 92 valence electrons. The van der Waals surface area contributed by atoms with Crippen LogP contribution in [0.15, 0.2) is 30.3 Å². The number of esters is 1. The van der Waals surface area contributed by atoms with Gasteiger partial charge in [0.2, 0.25) is 0 Å². The fourth-order valence-corrected chi connectivity index (χ4v) is 1.92. The molecule has 2 rings (SSSR count). The van der Waals surface area contributed by atoms with Crippen LogP contribution < -0.4 is 5.32 Å². The van der Waals surface area contributed by atoms with Gasteiger partial charge < -0.3 is 15.2 Å². The lowest BCUT2D eigenvalue weighted by Crippen LogP contribution is -2.37. The van der Waals surface area contributed by atoms with Crippen LogP contribution in [-0.4, -0.2) is 30.3 Å². The Bertz CT molecular complexity index is 360. The zero-order chi connectivity index (χ0) is 12.1. The average molecular weight is 235 g/mol. The van der Waals surface area contributed by atoms with Gasteiger partial charge in [0.05, 0.1) is 0 Å². The predicted octanol–water partition coefficient (Wildman–Crippen LogP) is 1.02. The summed E-state index contributed by atoms with van der Waals surface area (Å²) in [5.41, 5.74) is 0.571. The van der Waals surface area contributed by atoms with Crippen LogP contribution in [0.25, 0.3) is 0 Å². The summed E-state index contributed by atoms with van der Waals surface area (Å²) >= 11 is 0. The fraction of sp³-hybridized carbons (Fsp3) is 0.462. The third kappa shape index (κ3) is 3.28. The van der Waals surface area contributed by atoms with Crippen molar-refractivity contribution in [3.63, 3.8) is 0 Å². The standard InChI is InChI=1S/C13H17NO3/c15-12(10-5-2-1-3-6-10)13(16)17-11-7-4-8-14-9-11/h1-3,5-6,11-12,14-15H,4,7-9H2/t11-,12-/m1/s1. The number of carbonyl (C=O) groups excluding carboxylic acids is 1. The third-order valence-electron chi connectivity index (χ3n) is 2.87. The van der Waals surface area contributed by atoms with Gasteiger partial charge in [-0.1, -0.05) is 30.3 Å². The molecule has 4 heteroatoms. The lowest BCUT2D eigenvalue weighted by atomic mass is 10.1. The molecule has 1 aliphatic heterocycles. The Morgan fingerprint density at radius 2 is 2.18 bits per heavy atom. The number of nitrogens with one attached hydrogen (secondary N) is 1. The van der Waals surface area contributed by atoms with Crippen molar-refractivity contribution >= 4 is 5.97 Å². The molecule has 1 aliphatic rings. The molecule has 2 atom stereocenters. The predicted molar refractivity (Wildman–Crippen MR) is 63.4 cm³/mol. The Labute approximate surface area is 101 Å². The topological polar surface area (TPSA) is 58.6 Å². The van der Waals surface area contributed by atoms with E-state index in [1.165, 1.54) is 0 Å². The van der Waals surface area contributed by atoms with E-state index in [1.807, 2.05) is 6.07 Å². The lowest BCUT2D eigenvalue weighted by Gasteiger charge is -2.24. The maximum atomic E-state index is 11.7. The molecular weight excluding hydrogens is 218 g/mol. The van der Waals surface area contributed by atoms with E-state index < -0.39 is 12.1 Å². The van der Waals surface area contributed by atoms with Crippen LogP contribution >= 0.6 is 0 Å². The zero-order valence-corrected chi connectivity index (χ0v) is 9.63. The van der Waals surface area contributed by atoms with Crippen molar-refractivity contribution in [2.75, 3.05) is 13.1 Å². The minimum Gasteiger partial charge on any atom is -0.459 e.